The maximum atomic E-state index is 12.4. The molecule has 4 nitrogen and oxygen atoms in total. The quantitative estimate of drug-likeness (QED) is 0.157. The van der Waals surface area contributed by atoms with Crippen molar-refractivity contribution in [2.45, 2.75) is 71.6 Å². The van der Waals surface area contributed by atoms with Crippen LogP contribution in [0.4, 0.5) is 0 Å². The van der Waals surface area contributed by atoms with E-state index < -0.39 is 0 Å². The molecule has 0 amide bonds. The number of aromatic hydroxyl groups is 1. The summed E-state index contributed by atoms with van der Waals surface area (Å²) in [5.41, 5.74) is 18.1. The number of hydrogen-bond acceptors (Lipinski definition) is 3. The SMILES string of the molecule is CC(C)(C)c1cc(-c2cc(-c3cccc(C(C)(C)c4ccccc4)c3)ccn2)cc(-c2cccc3c2nc(-c2cccc(-c4ccccc4)c2O)n3-c2ccc(C(C)(C)C)cc2-c2ccccc2)c1. The summed E-state index contributed by atoms with van der Waals surface area (Å²) in [5.74, 6) is 0.846. The van der Waals surface area contributed by atoms with Gasteiger partial charge in [-0.3, -0.25) is 9.55 Å². The first-order valence-corrected chi connectivity index (χ1v) is 24.0. The van der Waals surface area contributed by atoms with E-state index in [-0.39, 0.29) is 22.0 Å². The van der Waals surface area contributed by atoms with Gasteiger partial charge >= 0.3 is 0 Å². The van der Waals surface area contributed by atoms with Gasteiger partial charge in [-0.1, -0.05) is 207 Å². The number of hydrogen-bond donors (Lipinski definition) is 1. The van der Waals surface area contributed by atoms with Gasteiger partial charge in [-0.05, 0) is 109 Å². The number of para-hydroxylation sites is 2. The normalized spacial score (nSPS) is 12.1. The Morgan fingerprint density at radius 3 is 1.64 bits per heavy atom. The van der Waals surface area contributed by atoms with E-state index in [0.29, 0.717) is 11.4 Å². The van der Waals surface area contributed by atoms with Crippen molar-refractivity contribution in [3.8, 4) is 78.6 Å². The third-order valence-electron chi connectivity index (χ3n) is 13.8. The smallest absolute Gasteiger partial charge is 0.149 e. The molecule has 10 aromatic rings. The molecule has 0 aliphatic rings. The Morgan fingerprint density at radius 2 is 0.942 bits per heavy atom. The lowest BCUT2D eigenvalue weighted by Crippen LogP contribution is -2.18. The van der Waals surface area contributed by atoms with E-state index in [1.54, 1.807) is 0 Å². The number of aromatic nitrogens is 3. The van der Waals surface area contributed by atoms with Gasteiger partial charge in [-0.2, -0.15) is 0 Å². The molecule has 10 rings (SSSR count). The standard InChI is InChI=1S/C65H59N3O/c1-63(2,3)50-33-34-58(56(42-50)44-23-14-10-15-24-44)68-59-32-20-29-53(60(59)67-62(68)55-31-19-30-54(61(55)69)43-21-12-9-13-22-43)47-37-48(40-52(39-47)64(4,5)6)57-41-46(35-36-66-57)45-25-18-28-51(38-45)65(7,8)49-26-16-11-17-27-49/h9-42,69H,1-8H3. The zero-order chi connectivity index (χ0) is 48.1. The van der Waals surface area contributed by atoms with Crippen molar-refractivity contribution >= 4 is 11.0 Å². The maximum absolute atomic E-state index is 12.4. The summed E-state index contributed by atoms with van der Waals surface area (Å²) in [6, 6.07) is 70.8. The number of benzene rings is 8. The molecule has 0 atom stereocenters. The molecule has 340 valence electrons. The summed E-state index contributed by atoms with van der Waals surface area (Å²) in [4.78, 5) is 10.7. The van der Waals surface area contributed by atoms with Crippen LogP contribution >= 0.6 is 0 Å². The highest BCUT2D eigenvalue weighted by atomic mass is 16.3. The van der Waals surface area contributed by atoms with Gasteiger partial charge in [-0.25, -0.2) is 4.98 Å². The van der Waals surface area contributed by atoms with E-state index in [1.165, 1.54) is 22.3 Å². The predicted molar refractivity (Wildman–Crippen MR) is 289 cm³/mol. The van der Waals surface area contributed by atoms with E-state index >= 15 is 0 Å². The fraction of sp³-hybridized carbons (Fsp3) is 0.169. The van der Waals surface area contributed by atoms with Crippen LogP contribution in [0.15, 0.2) is 206 Å². The molecule has 2 heterocycles. The number of phenols is 1. The van der Waals surface area contributed by atoms with Crippen LogP contribution in [0, 0.1) is 0 Å². The molecule has 0 aliphatic carbocycles. The lowest BCUT2D eigenvalue weighted by molar-refractivity contribution is 0.479. The zero-order valence-electron chi connectivity index (χ0n) is 40.9. The fourth-order valence-electron chi connectivity index (χ4n) is 9.62. The Bertz CT molecular complexity index is 3480. The molecule has 0 saturated carbocycles. The van der Waals surface area contributed by atoms with Gasteiger partial charge in [0.05, 0.1) is 28.0 Å². The monoisotopic (exact) mass is 897 g/mol. The zero-order valence-corrected chi connectivity index (χ0v) is 40.9. The molecule has 0 bridgehead atoms. The summed E-state index contributed by atoms with van der Waals surface area (Å²) in [5, 5.41) is 12.4. The van der Waals surface area contributed by atoms with Crippen LogP contribution in [-0.4, -0.2) is 19.6 Å². The number of pyridine rings is 1. The Balaban J connectivity index is 1.18. The second-order valence-electron chi connectivity index (χ2n) is 20.9. The van der Waals surface area contributed by atoms with E-state index in [4.69, 9.17) is 9.97 Å². The van der Waals surface area contributed by atoms with Gasteiger partial charge in [0, 0.05) is 33.9 Å². The molecule has 69 heavy (non-hydrogen) atoms. The van der Waals surface area contributed by atoms with Crippen molar-refractivity contribution in [2.75, 3.05) is 0 Å². The first-order valence-electron chi connectivity index (χ1n) is 24.0. The first kappa shape index (κ1) is 45.0. The first-order chi connectivity index (χ1) is 33.1. The average Bonchev–Trinajstić information content (AvgIpc) is 3.76. The number of imidazole rings is 1. The molecule has 0 saturated heterocycles. The van der Waals surface area contributed by atoms with E-state index in [0.717, 1.165) is 72.5 Å². The molecular weight excluding hydrogens is 839 g/mol. The molecule has 1 N–H and O–H groups in total. The summed E-state index contributed by atoms with van der Waals surface area (Å²) in [6.07, 6.45) is 1.93. The van der Waals surface area contributed by atoms with Crippen molar-refractivity contribution in [1.29, 1.82) is 0 Å². The largest absolute Gasteiger partial charge is 0.507 e. The Labute approximate surface area is 407 Å². The van der Waals surface area contributed by atoms with E-state index in [9.17, 15) is 5.11 Å². The summed E-state index contributed by atoms with van der Waals surface area (Å²) >= 11 is 0. The van der Waals surface area contributed by atoms with Gasteiger partial charge in [0.25, 0.3) is 0 Å². The third-order valence-corrected chi connectivity index (χ3v) is 13.8. The topological polar surface area (TPSA) is 50.9 Å². The second-order valence-corrected chi connectivity index (χ2v) is 20.9. The fourth-order valence-corrected chi connectivity index (χ4v) is 9.62. The lowest BCUT2D eigenvalue weighted by Gasteiger charge is -2.26. The molecule has 0 spiro atoms. The lowest BCUT2D eigenvalue weighted by atomic mass is 9.77. The molecular formula is C65H59N3O. The predicted octanol–water partition coefficient (Wildman–Crippen LogP) is 17.0. The average molecular weight is 898 g/mol. The minimum absolute atomic E-state index is 0.0785. The minimum atomic E-state index is -0.167. The van der Waals surface area contributed by atoms with Gasteiger partial charge in [0.15, 0.2) is 0 Å². The highest BCUT2D eigenvalue weighted by molar-refractivity contribution is 5.98. The molecule has 2 aromatic heterocycles. The Morgan fingerprint density at radius 1 is 0.391 bits per heavy atom. The highest BCUT2D eigenvalue weighted by Crippen LogP contribution is 2.45. The van der Waals surface area contributed by atoms with Crippen molar-refractivity contribution in [2.24, 2.45) is 0 Å². The van der Waals surface area contributed by atoms with Gasteiger partial charge in [0.2, 0.25) is 0 Å². The van der Waals surface area contributed by atoms with Crippen molar-refractivity contribution in [3.63, 3.8) is 0 Å². The van der Waals surface area contributed by atoms with Crippen molar-refractivity contribution < 1.29 is 5.11 Å². The summed E-state index contributed by atoms with van der Waals surface area (Å²) < 4.78 is 2.25. The summed E-state index contributed by atoms with van der Waals surface area (Å²) in [6.45, 7) is 18.1. The molecule has 0 unspecified atom stereocenters. The van der Waals surface area contributed by atoms with Crippen LogP contribution in [0.5, 0.6) is 5.75 Å². The number of rotatable bonds is 9. The number of phenolic OH excluding ortho intramolecular Hbond substituents is 1. The third kappa shape index (κ3) is 8.68. The maximum Gasteiger partial charge on any atom is 0.149 e. The number of nitrogens with zero attached hydrogens (tertiary/aromatic N) is 3. The minimum Gasteiger partial charge on any atom is -0.507 e. The molecule has 0 radical (unpaired) electrons. The van der Waals surface area contributed by atoms with E-state index in [1.807, 2.05) is 54.7 Å². The molecule has 8 aromatic carbocycles. The van der Waals surface area contributed by atoms with Gasteiger partial charge < -0.3 is 5.11 Å². The summed E-state index contributed by atoms with van der Waals surface area (Å²) in [7, 11) is 0. The Kier molecular flexibility index (Phi) is 11.5. The van der Waals surface area contributed by atoms with E-state index in [2.05, 4.69) is 212 Å². The molecule has 4 heteroatoms. The molecule has 0 aliphatic heterocycles. The van der Waals surface area contributed by atoms with Crippen LogP contribution in [0.25, 0.3) is 83.9 Å². The second kappa shape index (κ2) is 17.7. The highest BCUT2D eigenvalue weighted by Gasteiger charge is 2.27. The van der Waals surface area contributed by atoms with Gasteiger partial charge in [0.1, 0.15) is 11.6 Å². The van der Waals surface area contributed by atoms with Crippen molar-refractivity contribution in [3.05, 3.63) is 229 Å². The van der Waals surface area contributed by atoms with Crippen LogP contribution < -0.4 is 0 Å². The van der Waals surface area contributed by atoms with Crippen LogP contribution in [0.1, 0.15) is 77.6 Å². The van der Waals surface area contributed by atoms with Crippen molar-refractivity contribution in [1.82, 2.24) is 14.5 Å². The van der Waals surface area contributed by atoms with Gasteiger partial charge in [-0.15, -0.1) is 0 Å². The molecule has 0 fully saturated rings. The Hall–Kier alpha value is -7.82. The number of fused-ring (bicyclic) bond motifs is 1. The van der Waals surface area contributed by atoms with Crippen LogP contribution in [0.3, 0.4) is 0 Å². The van der Waals surface area contributed by atoms with Crippen LogP contribution in [0.2, 0.25) is 0 Å². The van der Waals surface area contributed by atoms with Crippen LogP contribution in [-0.2, 0) is 16.2 Å².